The minimum Gasteiger partial charge on any atom is -0.295 e. The second kappa shape index (κ2) is 5.38. The highest BCUT2D eigenvalue weighted by atomic mass is 16.1. The lowest BCUT2D eigenvalue weighted by molar-refractivity contribution is 0.806. The Morgan fingerprint density at radius 1 is 0.962 bits per heavy atom. The van der Waals surface area contributed by atoms with Crippen LogP contribution in [0.2, 0.25) is 0 Å². The van der Waals surface area contributed by atoms with Crippen molar-refractivity contribution >= 4 is 16.6 Å². The molecule has 0 spiro atoms. The first-order valence-electron chi connectivity index (χ1n) is 8.17. The average molecular weight is 342 g/mol. The largest absolute Gasteiger partial charge is 0.295 e. The SMILES string of the molecule is Cn1c(=O)c2ccccc2n2cnc(-c3cnnn3-c3ccccc3)c12. The second-order valence-corrected chi connectivity index (χ2v) is 6.03. The number of fused-ring (bicyclic) bond motifs is 3. The van der Waals surface area contributed by atoms with E-state index in [9.17, 15) is 4.79 Å². The van der Waals surface area contributed by atoms with Gasteiger partial charge in [0.2, 0.25) is 0 Å². The molecule has 0 amide bonds. The summed E-state index contributed by atoms with van der Waals surface area (Å²) in [7, 11) is 1.76. The molecule has 0 radical (unpaired) electrons. The molecule has 7 nitrogen and oxygen atoms in total. The molecule has 0 fully saturated rings. The van der Waals surface area contributed by atoms with Crippen LogP contribution in [0.5, 0.6) is 0 Å². The van der Waals surface area contributed by atoms with Crippen molar-refractivity contribution < 1.29 is 0 Å². The van der Waals surface area contributed by atoms with Crippen LogP contribution >= 0.6 is 0 Å². The van der Waals surface area contributed by atoms with Crippen LogP contribution in [0.3, 0.4) is 0 Å². The maximum atomic E-state index is 12.8. The molecular weight excluding hydrogens is 328 g/mol. The van der Waals surface area contributed by atoms with Gasteiger partial charge in [-0.2, -0.15) is 0 Å². The van der Waals surface area contributed by atoms with E-state index in [1.54, 1.807) is 28.8 Å². The van der Waals surface area contributed by atoms with Gasteiger partial charge in [-0.3, -0.25) is 13.8 Å². The molecule has 0 aliphatic carbocycles. The Kier molecular flexibility index (Phi) is 3.02. The number of para-hydroxylation sites is 2. The van der Waals surface area contributed by atoms with Gasteiger partial charge in [0, 0.05) is 7.05 Å². The van der Waals surface area contributed by atoms with Gasteiger partial charge in [-0.1, -0.05) is 35.5 Å². The summed E-state index contributed by atoms with van der Waals surface area (Å²) in [6.45, 7) is 0. The monoisotopic (exact) mass is 342 g/mol. The summed E-state index contributed by atoms with van der Waals surface area (Å²) in [5, 5.41) is 8.90. The number of nitrogens with zero attached hydrogens (tertiary/aromatic N) is 6. The topological polar surface area (TPSA) is 70.0 Å². The Hall–Kier alpha value is -3.74. The fourth-order valence-corrected chi connectivity index (χ4v) is 3.32. The van der Waals surface area contributed by atoms with E-state index in [-0.39, 0.29) is 5.56 Å². The predicted molar refractivity (Wildman–Crippen MR) is 98.3 cm³/mol. The van der Waals surface area contributed by atoms with Crippen molar-refractivity contribution in [2.75, 3.05) is 0 Å². The van der Waals surface area contributed by atoms with Gasteiger partial charge in [0.1, 0.15) is 23.4 Å². The third-order valence-electron chi connectivity index (χ3n) is 4.55. The molecular formula is C19H14N6O. The van der Waals surface area contributed by atoms with Gasteiger partial charge in [-0.25, -0.2) is 9.67 Å². The van der Waals surface area contributed by atoms with Crippen LogP contribution in [0, 0.1) is 0 Å². The van der Waals surface area contributed by atoms with Gasteiger partial charge in [-0.15, -0.1) is 5.10 Å². The number of hydrogen-bond acceptors (Lipinski definition) is 4. The normalized spacial score (nSPS) is 11.4. The average Bonchev–Trinajstić information content (AvgIpc) is 3.33. The molecule has 3 aromatic heterocycles. The van der Waals surface area contributed by atoms with Gasteiger partial charge in [0.05, 0.1) is 22.8 Å². The van der Waals surface area contributed by atoms with Crippen molar-refractivity contribution in [2.45, 2.75) is 0 Å². The lowest BCUT2D eigenvalue weighted by Crippen LogP contribution is -2.19. The minimum absolute atomic E-state index is 0.0615. The number of rotatable bonds is 2. The first-order chi connectivity index (χ1) is 12.8. The molecule has 0 N–H and O–H groups in total. The van der Waals surface area contributed by atoms with Gasteiger partial charge < -0.3 is 0 Å². The van der Waals surface area contributed by atoms with E-state index in [0.717, 1.165) is 16.9 Å². The van der Waals surface area contributed by atoms with E-state index < -0.39 is 0 Å². The molecule has 0 unspecified atom stereocenters. The molecule has 3 heterocycles. The summed E-state index contributed by atoms with van der Waals surface area (Å²) in [5.41, 5.74) is 3.73. The van der Waals surface area contributed by atoms with E-state index in [1.807, 2.05) is 59.0 Å². The summed E-state index contributed by atoms with van der Waals surface area (Å²) in [6.07, 6.45) is 3.39. The van der Waals surface area contributed by atoms with Crippen LogP contribution < -0.4 is 5.56 Å². The molecule has 7 heteroatoms. The highest BCUT2D eigenvalue weighted by molar-refractivity contribution is 5.84. The minimum atomic E-state index is -0.0615. The molecule has 26 heavy (non-hydrogen) atoms. The maximum Gasteiger partial charge on any atom is 0.261 e. The molecule has 0 aliphatic rings. The fraction of sp³-hybridized carbons (Fsp3) is 0.0526. The van der Waals surface area contributed by atoms with Crippen molar-refractivity contribution in [3.05, 3.63) is 77.5 Å². The van der Waals surface area contributed by atoms with Crippen molar-refractivity contribution in [3.8, 4) is 17.1 Å². The Morgan fingerprint density at radius 3 is 2.58 bits per heavy atom. The van der Waals surface area contributed by atoms with Crippen LogP contribution in [0.15, 0.2) is 71.9 Å². The summed E-state index contributed by atoms with van der Waals surface area (Å²) in [6, 6.07) is 17.2. The zero-order valence-corrected chi connectivity index (χ0v) is 13.9. The smallest absolute Gasteiger partial charge is 0.261 e. The highest BCUT2D eigenvalue weighted by Crippen LogP contribution is 2.25. The molecule has 5 aromatic rings. The molecule has 0 aliphatic heterocycles. The van der Waals surface area contributed by atoms with Crippen molar-refractivity contribution in [1.29, 1.82) is 0 Å². The molecule has 0 saturated heterocycles. The van der Waals surface area contributed by atoms with E-state index in [0.29, 0.717) is 16.7 Å². The van der Waals surface area contributed by atoms with Gasteiger partial charge in [-0.05, 0) is 24.3 Å². The first-order valence-corrected chi connectivity index (χ1v) is 8.17. The maximum absolute atomic E-state index is 12.8. The standard InChI is InChI=1S/C19H14N6O/c1-23-18-17(16-11-21-22-25(16)13-7-3-2-4-8-13)20-12-24(18)15-10-6-5-9-14(15)19(23)26/h2-12H,1H3. The lowest BCUT2D eigenvalue weighted by atomic mass is 10.2. The number of hydrogen-bond donors (Lipinski definition) is 0. The van der Waals surface area contributed by atoms with Gasteiger partial charge in [0.25, 0.3) is 5.56 Å². The van der Waals surface area contributed by atoms with Crippen LogP contribution in [-0.2, 0) is 7.05 Å². The van der Waals surface area contributed by atoms with E-state index in [4.69, 9.17) is 0 Å². The second-order valence-electron chi connectivity index (χ2n) is 6.03. The van der Waals surface area contributed by atoms with Crippen LogP contribution in [0.1, 0.15) is 0 Å². The molecule has 0 bridgehead atoms. The Labute approximate surface area is 147 Å². The van der Waals surface area contributed by atoms with E-state index >= 15 is 0 Å². The summed E-state index contributed by atoms with van der Waals surface area (Å²) >= 11 is 0. The number of aromatic nitrogens is 6. The van der Waals surface area contributed by atoms with Crippen molar-refractivity contribution in [1.82, 2.24) is 28.9 Å². The molecule has 0 atom stereocenters. The predicted octanol–water partition coefficient (Wildman–Crippen LogP) is 2.43. The third-order valence-corrected chi connectivity index (χ3v) is 4.55. The van der Waals surface area contributed by atoms with Gasteiger partial charge in [0.15, 0.2) is 0 Å². The number of imidazole rings is 1. The van der Waals surface area contributed by atoms with E-state index in [1.165, 1.54) is 0 Å². The third kappa shape index (κ3) is 1.94. The Balaban J connectivity index is 1.86. The Bertz CT molecular complexity index is 1310. The quantitative estimate of drug-likeness (QED) is 0.494. The fourth-order valence-electron chi connectivity index (χ4n) is 3.32. The molecule has 5 rings (SSSR count). The van der Waals surface area contributed by atoms with Crippen LogP contribution in [-0.4, -0.2) is 28.9 Å². The molecule has 126 valence electrons. The molecule has 0 saturated carbocycles. The van der Waals surface area contributed by atoms with Crippen molar-refractivity contribution in [3.63, 3.8) is 0 Å². The molecule has 2 aromatic carbocycles. The summed E-state index contributed by atoms with van der Waals surface area (Å²) < 4.78 is 5.27. The van der Waals surface area contributed by atoms with Crippen LogP contribution in [0.4, 0.5) is 0 Å². The lowest BCUT2D eigenvalue weighted by Gasteiger charge is -2.09. The zero-order chi connectivity index (χ0) is 17.7. The summed E-state index contributed by atoms with van der Waals surface area (Å²) in [5.74, 6) is 0. The van der Waals surface area contributed by atoms with Gasteiger partial charge >= 0.3 is 0 Å². The number of aryl methyl sites for hydroxylation is 1. The Morgan fingerprint density at radius 2 is 1.73 bits per heavy atom. The first kappa shape index (κ1) is 14.6. The highest BCUT2D eigenvalue weighted by Gasteiger charge is 2.18. The number of benzene rings is 2. The van der Waals surface area contributed by atoms with E-state index in [2.05, 4.69) is 15.3 Å². The van der Waals surface area contributed by atoms with Crippen molar-refractivity contribution in [2.24, 2.45) is 7.05 Å². The van der Waals surface area contributed by atoms with Crippen LogP contribution in [0.25, 0.3) is 33.6 Å². The zero-order valence-electron chi connectivity index (χ0n) is 13.9. The summed E-state index contributed by atoms with van der Waals surface area (Å²) in [4.78, 5) is 17.4.